The molecule has 2 amide bonds. The smallest absolute Gasteiger partial charge is 0.231 e. The quantitative estimate of drug-likeness (QED) is 0.703. The largest absolute Gasteiger partial charge is 0.454 e. The molecule has 1 aromatic heterocycles. The molecule has 1 saturated heterocycles. The van der Waals surface area contributed by atoms with E-state index in [1.54, 1.807) is 21.7 Å². The Labute approximate surface area is 179 Å². The molecule has 158 valence electrons. The molecule has 1 fully saturated rings. The Balaban J connectivity index is 1.33. The van der Waals surface area contributed by atoms with Gasteiger partial charge in [-0.2, -0.15) is 5.10 Å². The molecule has 1 atom stereocenters. The van der Waals surface area contributed by atoms with Gasteiger partial charge in [-0.05, 0) is 38.1 Å². The van der Waals surface area contributed by atoms with E-state index in [9.17, 15) is 9.59 Å². The number of rotatable bonds is 4. The SMILES string of the molecule is Cc1ccc(-n2nc(C)cc2NC(=O)[C@H]2CC(=O)N(c3ccc4c(c3)OCO4)C2)cc1. The van der Waals surface area contributed by atoms with Crippen LogP contribution in [0.2, 0.25) is 0 Å². The molecule has 0 radical (unpaired) electrons. The first kappa shape index (κ1) is 19.2. The highest BCUT2D eigenvalue weighted by molar-refractivity contribution is 6.03. The van der Waals surface area contributed by atoms with Crippen molar-refractivity contribution >= 4 is 23.3 Å². The number of nitrogens with one attached hydrogen (secondary N) is 1. The Hall–Kier alpha value is -3.81. The molecule has 2 aliphatic rings. The first-order chi connectivity index (χ1) is 15.0. The number of anilines is 2. The monoisotopic (exact) mass is 418 g/mol. The first-order valence-electron chi connectivity index (χ1n) is 10.1. The van der Waals surface area contributed by atoms with Gasteiger partial charge in [-0.3, -0.25) is 9.59 Å². The van der Waals surface area contributed by atoms with Gasteiger partial charge >= 0.3 is 0 Å². The van der Waals surface area contributed by atoms with Gasteiger partial charge in [-0.25, -0.2) is 4.68 Å². The normalized spacial score (nSPS) is 17.3. The Morgan fingerprint density at radius 1 is 1.03 bits per heavy atom. The molecule has 2 aromatic carbocycles. The fraction of sp³-hybridized carbons (Fsp3) is 0.261. The molecule has 0 unspecified atom stereocenters. The number of hydrogen-bond donors (Lipinski definition) is 1. The van der Waals surface area contributed by atoms with Crippen molar-refractivity contribution in [3.8, 4) is 17.2 Å². The van der Waals surface area contributed by atoms with Gasteiger partial charge in [0.2, 0.25) is 18.6 Å². The topological polar surface area (TPSA) is 85.7 Å². The van der Waals surface area contributed by atoms with Crippen molar-refractivity contribution in [2.24, 2.45) is 5.92 Å². The van der Waals surface area contributed by atoms with Crippen LogP contribution in [0.1, 0.15) is 17.7 Å². The van der Waals surface area contributed by atoms with Gasteiger partial charge in [0.15, 0.2) is 11.5 Å². The van der Waals surface area contributed by atoms with Crippen LogP contribution in [0.25, 0.3) is 5.69 Å². The highest BCUT2D eigenvalue weighted by Gasteiger charge is 2.36. The number of carbonyl (C=O) groups is 2. The lowest BCUT2D eigenvalue weighted by atomic mass is 10.1. The molecular formula is C23H22N4O4. The first-order valence-corrected chi connectivity index (χ1v) is 10.1. The number of amides is 2. The molecule has 8 heteroatoms. The van der Waals surface area contributed by atoms with E-state index < -0.39 is 5.92 Å². The number of ether oxygens (including phenoxy) is 2. The van der Waals surface area contributed by atoms with Gasteiger partial charge in [0.05, 0.1) is 17.3 Å². The second-order valence-corrected chi connectivity index (χ2v) is 7.85. The van der Waals surface area contributed by atoms with Crippen LogP contribution in [0.5, 0.6) is 11.5 Å². The van der Waals surface area contributed by atoms with Gasteiger partial charge in [-0.15, -0.1) is 0 Å². The Kier molecular flexibility index (Phi) is 4.62. The lowest BCUT2D eigenvalue weighted by Gasteiger charge is -2.17. The molecule has 3 aromatic rings. The van der Waals surface area contributed by atoms with E-state index in [1.165, 1.54) is 0 Å². The maximum atomic E-state index is 13.0. The minimum Gasteiger partial charge on any atom is -0.454 e. The van der Waals surface area contributed by atoms with E-state index in [4.69, 9.17) is 9.47 Å². The lowest BCUT2D eigenvalue weighted by molar-refractivity contribution is -0.122. The van der Waals surface area contributed by atoms with Crippen molar-refractivity contribution < 1.29 is 19.1 Å². The average Bonchev–Trinajstić information content (AvgIpc) is 3.46. The molecule has 0 aliphatic carbocycles. The molecule has 3 heterocycles. The maximum Gasteiger partial charge on any atom is 0.231 e. The molecule has 0 saturated carbocycles. The summed E-state index contributed by atoms with van der Waals surface area (Å²) in [5.74, 6) is 1.09. The second-order valence-electron chi connectivity index (χ2n) is 7.85. The summed E-state index contributed by atoms with van der Waals surface area (Å²) in [4.78, 5) is 27.2. The summed E-state index contributed by atoms with van der Waals surface area (Å²) in [7, 11) is 0. The van der Waals surface area contributed by atoms with Crippen LogP contribution >= 0.6 is 0 Å². The summed E-state index contributed by atoms with van der Waals surface area (Å²) in [6.45, 7) is 4.37. The zero-order valence-electron chi connectivity index (χ0n) is 17.3. The van der Waals surface area contributed by atoms with Crippen LogP contribution in [-0.2, 0) is 9.59 Å². The Morgan fingerprint density at radius 3 is 2.58 bits per heavy atom. The molecule has 5 rings (SSSR count). The number of hydrogen-bond acceptors (Lipinski definition) is 5. The molecule has 1 N–H and O–H groups in total. The van der Waals surface area contributed by atoms with E-state index in [2.05, 4.69) is 10.4 Å². The van der Waals surface area contributed by atoms with Gasteiger partial charge < -0.3 is 19.7 Å². The summed E-state index contributed by atoms with van der Waals surface area (Å²) in [5, 5.41) is 7.46. The third kappa shape index (κ3) is 3.61. The van der Waals surface area contributed by atoms with Gasteiger partial charge in [0.1, 0.15) is 5.82 Å². The maximum absolute atomic E-state index is 13.0. The number of carbonyl (C=O) groups excluding carboxylic acids is 2. The highest BCUT2D eigenvalue weighted by atomic mass is 16.7. The fourth-order valence-electron chi connectivity index (χ4n) is 3.89. The van der Waals surface area contributed by atoms with E-state index in [0.717, 1.165) is 16.9 Å². The van der Waals surface area contributed by atoms with E-state index in [1.807, 2.05) is 50.2 Å². The zero-order valence-corrected chi connectivity index (χ0v) is 17.3. The van der Waals surface area contributed by atoms with Crippen LogP contribution in [-0.4, -0.2) is 34.9 Å². The average molecular weight is 418 g/mol. The predicted octanol–water partition coefficient (Wildman–Crippen LogP) is 3.21. The van der Waals surface area contributed by atoms with E-state index in [-0.39, 0.29) is 25.0 Å². The molecule has 31 heavy (non-hydrogen) atoms. The molecule has 8 nitrogen and oxygen atoms in total. The van der Waals surface area contributed by atoms with Crippen molar-refractivity contribution in [1.82, 2.24) is 9.78 Å². The van der Waals surface area contributed by atoms with E-state index >= 15 is 0 Å². The summed E-state index contributed by atoms with van der Waals surface area (Å²) >= 11 is 0. The predicted molar refractivity (Wildman–Crippen MR) is 115 cm³/mol. The number of aryl methyl sites for hydroxylation is 2. The highest BCUT2D eigenvalue weighted by Crippen LogP contribution is 2.37. The molecular weight excluding hydrogens is 396 g/mol. The summed E-state index contributed by atoms with van der Waals surface area (Å²) in [6.07, 6.45) is 0.151. The van der Waals surface area contributed by atoms with Crippen LogP contribution < -0.4 is 19.7 Å². The van der Waals surface area contributed by atoms with Crippen molar-refractivity contribution in [3.63, 3.8) is 0 Å². The number of nitrogens with zero attached hydrogens (tertiary/aromatic N) is 3. The minimum atomic E-state index is -0.459. The van der Waals surface area contributed by atoms with Crippen molar-refractivity contribution in [1.29, 1.82) is 0 Å². The lowest BCUT2D eigenvalue weighted by Crippen LogP contribution is -2.28. The summed E-state index contributed by atoms with van der Waals surface area (Å²) in [5.41, 5.74) is 3.50. The second kappa shape index (κ2) is 7.46. The van der Waals surface area contributed by atoms with Crippen molar-refractivity contribution in [2.45, 2.75) is 20.3 Å². The van der Waals surface area contributed by atoms with Gasteiger partial charge in [0.25, 0.3) is 0 Å². The van der Waals surface area contributed by atoms with Gasteiger partial charge in [-0.1, -0.05) is 17.7 Å². The van der Waals surface area contributed by atoms with Crippen molar-refractivity contribution in [3.05, 3.63) is 59.8 Å². The number of benzene rings is 2. The molecule has 2 aliphatic heterocycles. The van der Waals surface area contributed by atoms with Crippen molar-refractivity contribution in [2.75, 3.05) is 23.6 Å². The van der Waals surface area contributed by atoms with Crippen LogP contribution in [0, 0.1) is 19.8 Å². The zero-order chi connectivity index (χ0) is 21.5. The number of aromatic nitrogens is 2. The molecule has 0 spiro atoms. The Morgan fingerprint density at radius 2 is 1.77 bits per heavy atom. The number of fused-ring (bicyclic) bond motifs is 1. The van der Waals surface area contributed by atoms with Gasteiger partial charge in [0, 0.05) is 30.8 Å². The van der Waals surface area contributed by atoms with Crippen LogP contribution in [0.3, 0.4) is 0 Å². The summed E-state index contributed by atoms with van der Waals surface area (Å²) < 4.78 is 12.4. The third-order valence-corrected chi connectivity index (χ3v) is 5.52. The van der Waals surface area contributed by atoms with Crippen LogP contribution in [0.4, 0.5) is 11.5 Å². The standard InChI is InChI=1S/C23H22N4O4/c1-14-3-5-17(6-4-14)27-21(9-15(2)25-27)24-23(29)16-10-22(28)26(12-16)18-7-8-19-20(11-18)31-13-30-19/h3-9,11,16H,10,12-13H2,1-2H3,(H,24,29)/t16-/m0/s1. The third-order valence-electron chi connectivity index (χ3n) is 5.52. The van der Waals surface area contributed by atoms with Crippen LogP contribution in [0.15, 0.2) is 48.5 Å². The van der Waals surface area contributed by atoms with E-state index in [0.29, 0.717) is 29.5 Å². The Bertz CT molecular complexity index is 1170. The minimum absolute atomic E-state index is 0.0951. The molecule has 0 bridgehead atoms. The summed E-state index contributed by atoms with van der Waals surface area (Å²) in [6, 6.07) is 15.1. The fourth-order valence-corrected chi connectivity index (χ4v) is 3.89.